The van der Waals surface area contributed by atoms with E-state index in [1.807, 2.05) is 137 Å². The fourth-order valence-corrected chi connectivity index (χ4v) is 7.57. The van der Waals surface area contributed by atoms with Gasteiger partial charge < -0.3 is 33.2 Å². The average molecular weight is 807 g/mol. The van der Waals surface area contributed by atoms with Crippen molar-refractivity contribution in [2.24, 2.45) is 0 Å². The van der Waals surface area contributed by atoms with Gasteiger partial charge in [-0.15, -0.1) is 0 Å². The second-order valence-corrected chi connectivity index (χ2v) is 15.7. The normalized spacial score (nSPS) is 14.2. The lowest BCUT2D eigenvalue weighted by molar-refractivity contribution is -0.0761. The van der Waals surface area contributed by atoms with Gasteiger partial charge in [0.1, 0.15) is 23.0 Å². The summed E-state index contributed by atoms with van der Waals surface area (Å²) in [6.07, 6.45) is -1.13. The topological polar surface area (TPSA) is 64.6 Å². The zero-order chi connectivity index (χ0) is 41.3. The number of halogens is 4. The molecule has 0 aliphatic carbocycles. The van der Waals surface area contributed by atoms with Crippen LogP contribution >= 0.6 is 0 Å². The van der Waals surface area contributed by atoms with Gasteiger partial charge in [0.25, 0.3) is 0 Å². The summed E-state index contributed by atoms with van der Waals surface area (Å²) in [4.78, 5) is 0. The molecular formula is C48H42F4O7. The zero-order valence-electron chi connectivity index (χ0n) is 32.9. The van der Waals surface area contributed by atoms with Crippen LogP contribution in [-0.4, -0.2) is 25.8 Å². The standard InChI is InChI=1S/C48H42F4O7/c1-47(2,35-25-37-41(49)43(51)45(35)55-27-53-37)39(23-29-13-11-19-33(21-29)57-31-15-7-5-8-16-31)59-40(24-30-14-12-20-34(22-30)58-32-17-9-6-10-18-32)48(3,4)36-26-38-42(50)44(52)46(36)56-28-54-38/h5-22,25-26,39-40H,23-24,27-28H2,1-4H3. The lowest BCUT2D eigenvalue weighted by Gasteiger charge is -2.43. The molecule has 0 amide bonds. The largest absolute Gasteiger partial charge is 0.457 e. The molecule has 4 heterocycles. The maximum Gasteiger partial charge on any atom is 0.231 e. The Morgan fingerprint density at radius 2 is 0.864 bits per heavy atom. The summed E-state index contributed by atoms with van der Waals surface area (Å²) in [7, 11) is 0. The average Bonchev–Trinajstić information content (AvgIpc) is 3.70. The van der Waals surface area contributed by atoms with Crippen LogP contribution in [0.2, 0.25) is 0 Å². The fourth-order valence-electron chi connectivity index (χ4n) is 7.57. The van der Waals surface area contributed by atoms with Gasteiger partial charge in [-0.2, -0.15) is 17.6 Å². The first-order chi connectivity index (χ1) is 28.4. The van der Waals surface area contributed by atoms with E-state index in [0.29, 0.717) is 34.1 Å². The van der Waals surface area contributed by atoms with Crippen LogP contribution in [0.15, 0.2) is 121 Å². The first-order valence-corrected chi connectivity index (χ1v) is 19.2. The van der Waals surface area contributed by atoms with Crippen molar-refractivity contribution in [2.45, 2.75) is 63.6 Å². The SMILES string of the molecule is CC(C)(c1cc2c(F)c(F)c1OCO2)C(Cc1cccc(Oc2ccccc2)c1)OC(Cc1cccc(Oc2ccccc2)c1)C(C)(C)c1cc2c(F)c(F)c1OCO2. The summed E-state index contributed by atoms with van der Waals surface area (Å²) < 4.78 is 103. The van der Waals surface area contributed by atoms with Crippen LogP contribution in [0.4, 0.5) is 17.6 Å². The van der Waals surface area contributed by atoms with E-state index in [9.17, 15) is 0 Å². The highest BCUT2D eigenvalue weighted by atomic mass is 19.2. The third-order valence-corrected chi connectivity index (χ3v) is 11.0. The summed E-state index contributed by atoms with van der Waals surface area (Å²) in [6, 6.07) is 36.7. The molecule has 0 spiro atoms. The lowest BCUT2D eigenvalue weighted by atomic mass is 9.73. The lowest BCUT2D eigenvalue weighted by Crippen LogP contribution is -2.47. The van der Waals surface area contributed by atoms with E-state index in [4.69, 9.17) is 33.2 Å². The van der Waals surface area contributed by atoms with Gasteiger partial charge >= 0.3 is 0 Å². The van der Waals surface area contributed by atoms with E-state index < -0.39 is 46.3 Å². The molecule has 2 unspecified atom stereocenters. The van der Waals surface area contributed by atoms with Crippen molar-refractivity contribution in [3.63, 3.8) is 0 Å². The van der Waals surface area contributed by atoms with Crippen LogP contribution in [0.3, 0.4) is 0 Å². The molecule has 0 saturated heterocycles. The second-order valence-electron chi connectivity index (χ2n) is 15.7. The van der Waals surface area contributed by atoms with Gasteiger partial charge in [0.15, 0.2) is 23.0 Å². The van der Waals surface area contributed by atoms with Crippen molar-refractivity contribution in [3.8, 4) is 46.0 Å². The van der Waals surface area contributed by atoms with Gasteiger partial charge in [-0.1, -0.05) is 88.4 Å². The maximum atomic E-state index is 15.7. The molecular weight excluding hydrogens is 765 g/mol. The maximum absolute atomic E-state index is 15.7. The van der Waals surface area contributed by atoms with E-state index in [0.717, 1.165) is 11.1 Å². The molecule has 4 aliphatic rings. The van der Waals surface area contributed by atoms with Gasteiger partial charge in [-0.25, -0.2) is 0 Å². The van der Waals surface area contributed by atoms with Crippen LogP contribution in [-0.2, 0) is 28.4 Å². The van der Waals surface area contributed by atoms with E-state index in [1.54, 1.807) is 0 Å². The molecule has 0 fully saturated rings. The van der Waals surface area contributed by atoms with Crippen molar-refractivity contribution in [1.82, 2.24) is 0 Å². The Morgan fingerprint density at radius 1 is 0.475 bits per heavy atom. The molecule has 6 aromatic rings. The Balaban J connectivity index is 1.23. The predicted molar refractivity (Wildman–Crippen MR) is 213 cm³/mol. The number of rotatable bonds is 14. The van der Waals surface area contributed by atoms with E-state index >= 15 is 17.6 Å². The molecule has 6 aromatic carbocycles. The Morgan fingerprint density at radius 3 is 1.27 bits per heavy atom. The van der Waals surface area contributed by atoms with Crippen molar-refractivity contribution >= 4 is 0 Å². The fraction of sp³-hybridized carbons (Fsp3) is 0.250. The number of benzene rings is 6. The molecule has 0 saturated carbocycles. The Hall–Kier alpha value is -6.20. The summed E-state index contributed by atoms with van der Waals surface area (Å²) in [6.45, 7) is 6.68. The van der Waals surface area contributed by atoms with Crippen LogP contribution in [0.25, 0.3) is 0 Å². The Bertz CT molecular complexity index is 2290. The van der Waals surface area contributed by atoms with E-state index in [-0.39, 0.29) is 49.4 Å². The first kappa shape index (κ1) is 39.6. The van der Waals surface area contributed by atoms with Gasteiger partial charge in [-0.05, 0) is 84.6 Å². The second kappa shape index (κ2) is 16.2. The number of para-hydroxylation sites is 2. The smallest absolute Gasteiger partial charge is 0.231 e. The highest BCUT2D eigenvalue weighted by molar-refractivity contribution is 5.50. The summed E-state index contributed by atoms with van der Waals surface area (Å²) in [5.41, 5.74) is 0.0633. The van der Waals surface area contributed by atoms with Crippen LogP contribution in [0, 0.1) is 23.3 Å². The summed E-state index contributed by atoms with van der Waals surface area (Å²) in [5, 5.41) is 0. The molecule has 59 heavy (non-hydrogen) atoms. The summed E-state index contributed by atoms with van der Waals surface area (Å²) in [5.74, 6) is -3.30. The minimum atomic E-state index is -1.17. The minimum absolute atomic E-state index is 0.243. The van der Waals surface area contributed by atoms with Gasteiger partial charge in [0, 0.05) is 22.0 Å². The first-order valence-electron chi connectivity index (χ1n) is 19.2. The van der Waals surface area contributed by atoms with Crippen molar-refractivity contribution < 1.29 is 50.7 Å². The number of hydrogen-bond donors (Lipinski definition) is 0. The minimum Gasteiger partial charge on any atom is -0.457 e. The molecule has 11 heteroatoms. The van der Waals surface area contributed by atoms with Crippen LogP contribution in [0.1, 0.15) is 49.9 Å². The van der Waals surface area contributed by atoms with Crippen LogP contribution < -0.4 is 28.4 Å². The number of fused-ring (bicyclic) bond motifs is 8. The molecule has 2 atom stereocenters. The summed E-state index contributed by atoms with van der Waals surface area (Å²) >= 11 is 0. The van der Waals surface area contributed by atoms with E-state index in [1.165, 1.54) is 12.1 Å². The van der Waals surface area contributed by atoms with Crippen LogP contribution in [0.5, 0.6) is 46.0 Å². The molecule has 0 radical (unpaired) electrons. The van der Waals surface area contributed by atoms with Crippen molar-refractivity contribution in [1.29, 1.82) is 0 Å². The molecule has 0 N–H and O–H groups in total. The van der Waals surface area contributed by atoms with E-state index in [2.05, 4.69) is 0 Å². The quantitative estimate of drug-likeness (QED) is 0.102. The molecule has 7 nitrogen and oxygen atoms in total. The Kier molecular flexibility index (Phi) is 10.9. The van der Waals surface area contributed by atoms with Gasteiger partial charge in [-0.3, -0.25) is 0 Å². The third kappa shape index (κ3) is 8.12. The van der Waals surface area contributed by atoms with Crippen molar-refractivity contribution in [3.05, 3.63) is 167 Å². The Labute approximate surface area is 340 Å². The number of ether oxygens (including phenoxy) is 7. The van der Waals surface area contributed by atoms with Gasteiger partial charge in [0.2, 0.25) is 36.9 Å². The van der Waals surface area contributed by atoms with Gasteiger partial charge in [0.05, 0.1) is 12.2 Å². The third-order valence-electron chi connectivity index (χ3n) is 11.0. The molecule has 10 rings (SSSR count). The monoisotopic (exact) mass is 806 g/mol. The molecule has 4 aliphatic heterocycles. The molecule has 4 bridgehead atoms. The molecule has 0 aromatic heterocycles. The number of hydrogen-bond acceptors (Lipinski definition) is 7. The highest BCUT2D eigenvalue weighted by Crippen LogP contribution is 2.48. The predicted octanol–water partition coefficient (Wildman–Crippen LogP) is 11.8. The van der Waals surface area contributed by atoms with Crippen molar-refractivity contribution in [2.75, 3.05) is 13.6 Å². The molecule has 304 valence electrons. The zero-order valence-corrected chi connectivity index (χ0v) is 32.9. The highest BCUT2D eigenvalue weighted by Gasteiger charge is 2.45.